The first-order valence-corrected chi connectivity index (χ1v) is 12.2. The van der Waals surface area contributed by atoms with Crippen LogP contribution in [-0.4, -0.2) is 38.4 Å². The van der Waals surface area contributed by atoms with Crippen LogP contribution in [0.4, 0.5) is 5.69 Å². The predicted octanol–water partition coefficient (Wildman–Crippen LogP) is 4.52. The van der Waals surface area contributed by atoms with Crippen LogP contribution in [0.15, 0.2) is 29.4 Å². The number of carbonyl (C=O) groups excluding carboxylic acids is 1. The molecule has 3 heterocycles. The smallest absolute Gasteiger partial charge is 0.234 e. The van der Waals surface area contributed by atoms with E-state index >= 15 is 0 Å². The maximum absolute atomic E-state index is 12.5. The number of hydrogen-bond acceptors (Lipinski definition) is 7. The predicted molar refractivity (Wildman–Crippen MR) is 125 cm³/mol. The van der Waals surface area contributed by atoms with Gasteiger partial charge in [-0.05, 0) is 55.5 Å². The minimum atomic E-state index is -0.0908. The molecule has 1 N–H and O–H groups in total. The van der Waals surface area contributed by atoms with Gasteiger partial charge in [-0.1, -0.05) is 18.7 Å². The fraction of sp³-hybridized carbons (Fsp3) is 0.364. The standard InChI is InChI=1S/C22H23N5O2S2/c1-3-17-24-21-19(15-6-4-5-7-16(15)31-21)20-25-26-22(27(17)20)30-12-18(28)23-13-8-10-14(29-2)11-9-13/h8-11H,3-7,12H2,1-2H3,(H,23,28). The number of fused-ring (bicyclic) bond motifs is 5. The average Bonchev–Trinajstić information content (AvgIpc) is 3.38. The van der Waals surface area contributed by atoms with E-state index in [0.717, 1.165) is 52.4 Å². The lowest BCUT2D eigenvalue weighted by Gasteiger charge is -2.11. The van der Waals surface area contributed by atoms with Crippen molar-refractivity contribution in [1.82, 2.24) is 19.6 Å². The number of thioether (sulfide) groups is 1. The van der Waals surface area contributed by atoms with Crippen LogP contribution in [0.5, 0.6) is 5.75 Å². The summed E-state index contributed by atoms with van der Waals surface area (Å²) in [4.78, 5) is 19.9. The normalized spacial score (nSPS) is 13.5. The van der Waals surface area contributed by atoms with Crippen LogP contribution in [0.1, 0.15) is 36.0 Å². The fourth-order valence-corrected chi connectivity index (χ4v) is 6.05. The first-order valence-electron chi connectivity index (χ1n) is 10.4. The van der Waals surface area contributed by atoms with Gasteiger partial charge in [-0.25, -0.2) is 4.98 Å². The van der Waals surface area contributed by atoms with Crippen LogP contribution in [0.3, 0.4) is 0 Å². The van der Waals surface area contributed by atoms with Gasteiger partial charge in [0, 0.05) is 17.0 Å². The molecular weight excluding hydrogens is 430 g/mol. The van der Waals surface area contributed by atoms with Crippen LogP contribution in [0, 0.1) is 0 Å². The number of nitrogens with zero attached hydrogens (tertiary/aromatic N) is 4. The van der Waals surface area contributed by atoms with E-state index in [2.05, 4.69) is 22.4 Å². The topological polar surface area (TPSA) is 81.4 Å². The molecule has 1 amide bonds. The van der Waals surface area contributed by atoms with Crippen LogP contribution in [0.25, 0.3) is 15.9 Å². The fourth-order valence-electron chi connectivity index (χ4n) is 4.02. The summed E-state index contributed by atoms with van der Waals surface area (Å²) in [6, 6.07) is 7.29. The highest BCUT2D eigenvalue weighted by Crippen LogP contribution is 2.38. The minimum absolute atomic E-state index is 0.0908. The van der Waals surface area contributed by atoms with E-state index in [1.165, 1.54) is 35.0 Å². The van der Waals surface area contributed by atoms with Crippen LogP contribution in [-0.2, 0) is 24.1 Å². The second kappa shape index (κ2) is 8.47. The van der Waals surface area contributed by atoms with Crippen molar-refractivity contribution in [3.8, 4) is 5.75 Å². The summed E-state index contributed by atoms with van der Waals surface area (Å²) < 4.78 is 7.19. The molecule has 0 aliphatic heterocycles. The zero-order valence-corrected chi connectivity index (χ0v) is 19.1. The van der Waals surface area contributed by atoms with Crippen molar-refractivity contribution in [2.24, 2.45) is 0 Å². The van der Waals surface area contributed by atoms with Crippen molar-refractivity contribution in [1.29, 1.82) is 0 Å². The first kappa shape index (κ1) is 20.3. The number of methoxy groups -OCH3 is 1. The molecule has 0 spiro atoms. The molecular formula is C22H23N5O2S2. The number of carbonyl (C=O) groups is 1. The number of thiophene rings is 1. The van der Waals surface area contributed by atoms with Crippen molar-refractivity contribution in [3.63, 3.8) is 0 Å². The molecule has 0 fully saturated rings. The third-order valence-corrected chi connectivity index (χ3v) is 7.64. The minimum Gasteiger partial charge on any atom is -0.497 e. The number of anilines is 1. The molecule has 0 saturated carbocycles. The Morgan fingerprint density at radius 3 is 2.81 bits per heavy atom. The molecule has 5 rings (SSSR count). The molecule has 0 bridgehead atoms. The maximum atomic E-state index is 12.5. The number of aromatic nitrogens is 4. The molecule has 0 saturated heterocycles. The summed E-state index contributed by atoms with van der Waals surface area (Å²) in [5.74, 6) is 1.84. The van der Waals surface area contributed by atoms with Crippen molar-refractivity contribution in [2.45, 2.75) is 44.2 Å². The molecule has 160 valence electrons. The molecule has 1 aliphatic rings. The van der Waals surface area contributed by atoms with Gasteiger partial charge >= 0.3 is 0 Å². The van der Waals surface area contributed by atoms with E-state index in [4.69, 9.17) is 9.72 Å². The van der Waals surface area contributed by atoms with Gasteiger partial charge in [0.15, 0.2) is 10.8 Å². The number of ether oxygens (including phenoxy) is 1. The Morgan fingerprint density at radius 2 is 2.03 bits per heavy atom. The SMILES string of the molecule is CCc1nc2sc3c(c2c2nnc(SCC(=O)Nc4ccc(OC)cc4)n12)CCCC3. The Labute approximate surface area is 188 Å². The number of aryl methyl sites for hydroxylation is 3. The zero-order chi connectivity index (χ0) is 21.4. The third kappa shape index (κ3) is 3.76. The summed E-state index contributed by atoms with van der Waals surface area (Å²) in [5.41, 5.74) is 3.01. The number of amides is 1. The van der Waals surface area contributed by atoms with E-state index in [1.54, 1.807) is 18.4 Å². The van der Waals surface area contributed by atoms with Crippen molar-refractivity contribution in [3.05, 3.63) is 40.5 Å². The second-order valence-corrected chi connectivity index (χ2v) is 9.51. The molecule has 9 heteroatoms. The molecule has 0 radical (unpaired) electrons. The van der Waals surface area contributed by atoms with Gasteiger partial charge < -0.3 is 10.1 Å². The van der Waals surface area contributed by atoms with Crippen LogP contribution in [0.2, 0.25) is 0 Å². The monoisotopic (exact) mass is 453 g/mol. The van der Waals surface area contributed by atoms with Gasteiger partial charge in [-0.2, -0.15) is 0 Å². The lowest BCUT2D eigenvalue weighted by atomic mass is 9.97. The highest BCUT2D eigenvalue weighted by molar-refractivity contribution is 7.99. The Kier molecular flexibility index (Phi) is 5.54. The molecule has 1 aliphatic carbocycles. The summed E-state index contributed by atoms with van der Waals surface area (Å²) in [5, 5.41) is 13.7. The summed E-state index contributed by atoms with van der Waals surface area (Å²) in [6.07, 6.45) is 5.44. The molecule has 3 aromatic heterocycles. The Bertz CT molecular complexity index is 1260. The summed E-state index contributed by atoms with van der Waals surface area (Å²) >= 11 is 3.19. The van der Waals surface area contributed by atoms with Crippen molar-refractivity contribution < 1.29 is 9.53 Å². The molecule has 7 nitrogen and oxygen atoms in total. The van der Waals surface area contributed by atoms with E-state index in [1.807, 2.05) is 28.7 Å². The van der Waals surface area contributed by atoms with Gasteiger partial charge in [0.25, 0.3) is 0 Å². The van der Waals surface area contributed by atoms with Crippen molar-refractivity contribution >= 4 is 50.6 Å². The molecule has 31 heavy (non-hydrogen) atoms. The van der Waals surface area contributed by atoms with Gasteiger partial charge in [-0.15, -0.1) is 21.5 Å². The van der Waals surface area contributed by atoms with E-state index < -0.39 is 0 Å². The van der Waals surface area contributed by atoms with E-state index in [9.17, 15) is 4.79 Å². The number of hydrogen-bond donors (Lipinski definition) is 1. The Morgan fingerprint density at radius 1 is 1.23 bits per heavy atom. The highest BCUT2D eigenvalue weighted by Gasteiger charge is 2.23. The van der Waals surface area contributed by atoms with Crippen molar-refractivity contribution in [2.75, 3.05) is 18.2 Å². The zero-order valence-electron chi connectivity index (χ0n) is 17.5. The second-order valence-electron chi connectivity index (χ2n) is 7.48. The molecule has 0 unspecified atom stereocenters. The first-order chi connectivity index (χ1) is 15.2. The quantitative estimate of drug-likeness (QED) is 0.432. The van der Waals surface area contributed by atoms with E-state index in [0.29, 0.717) is 5.16 Å². The van der Waals surface area contributed by atoms with Gasteiger partial charge in [-0.3, -0.25) is 9.20 Å². The third-order valence-electron chi connectivity index (χ3n) is 5.52. The lowest BCUT2D eigenvalue weighted by Crippen LogP contribution is -2.14. The Hall–Kier alpha value is -2.65. The largest absolute Gasteiger partial charge is 0.497 e. The van der Waals surface area contributed by atoms with Gasteiger partial charge in [0.2, 0.25) is 5.91 Å². The molecule has 0 atom stereocenters. The van der Waals surface area contributed by atoms with Crippen LogP contribution < -0.4 is 10.1 Å². The molecule has 4 aromatic rings. The summed E-state index contributed by atoms with van der Waals surface area (Å²) in [7, 11) is 1.62. The number of benzene rings is 1. The average molecular weight is 454 g/mol. The summed E-state index contributed by atoms with van der Waals surface area (Å²) in [6.45, 7) is 2.09. The van der Waals surface area contributed by atoms with Gasteiger partial charge in [0.05, 0.1) is 18.2 Å². The maximum Gasteiger partial charge on any atom is 0.234 e. The lowest BCUT2D eigenvalue weighted by molar-refractivity contribution is -0.113. The number of nitrogens with one attached hydrogen (secondary N) is 1. The van der Waals surface area contributed by atoms with Gasteiger partial charge in [0.1, 0.15) is 16.4 Å². The number of rotatable bonds is 6. The Balaban J connectivity index is 1.41. The van der Waals surface area contributed by atoms with E-state index in [-0.39, 0.29) is 11.7 Å². The highest BCUT2D eigenvalue weighted by atomic mass is 32.2. The molecule has 1 aromatic carbocycles. The van der Waals surface area contributed by atoms with Crippen LogP contribution >= 0.6 is 23.1 Å².